The summed E-state index contributed by atoms with van der Waals surface area (Å²) < 4.78 is 0.933. The summed E-state index contributed by atoms with van der Waals surface area (Å²) in [5.41, 5.74) is 8.26. The first kappa shape index (κ1) is 14.3. The molecule has 0 unspecified atom stereocenters. The summed E-state index contributed by atoms with van der Waals surface area (Å²) in [6, 6.07) is 3.78. The van der Waals surface area contributed by atoms with Crippen molar-refractivity contribution in [3.63, 3.8) is 0 Å². The summed E-state index contributed by atoms with van der Waals surface area (Å²) in [4.78, 5) is 11.8. The second-order valence-electron chi connectivity index (χ2n) is 4.30. The van der Waals surface area contributed by atoms with E-state index >= 15 is 0 Å². The first-order valence-corrected chi connectivity index (χ1v) is 6.23. The van der Waals surface area contributed by atoms with Gasteiger partial charge in [0, 0.05) is 10.4 Å². The van der Waals surface area contributed by atoms with Crippen LogP contribution < -0.4 is 11.1 Å². The Balaban J connectivity index is 0.00000144. The Hall–Kier alpha value is -0.740. The van der Waals surface area contributed by atoms with Gasteiger partial charge in [-0.05, 0) is 37.5 Å². The van der Waals surface area contributed by atoms with Crippen LogP contribution in [0.2, 0.25) is 0 Å². The van der Waals surface area contributed by atoms with Gasteiger partial charge in [-0.1, -0.05) is 22.4 Å². The van der Waals surface area contributed by atoms with Crippen LogP contribution in [0.15, 0.2) is 16.6 Å². The van der Waals surface area contributed by atoms with E-state index in [1.807, 2.05) is 19.1 Å². The van der Waals surface area contributed by atoms with Gasteiger partial charge in [0.15, 0.2) is 0 Å². The van der Waals surface area contributed by atoms with Crippen molar-refractivity contribution in [2.24, 2.45) is 5.92 Å². The van der Waals surface area contributed by atoms with E-state index in [4.69, 9.17) is 5.73 Å². The van der Waals surface area contributed by atoms with E-state index in [1.165, 1.54) is 0 Å². The van der Waals surface area contributed by atoms with Crippen molar-refractivity contribution in [2.45, 2.75) is 26.2 Å². The van der Waals surface area contributed by atoms with Crippen LogP contribution in [0.5, 0.6) is 0 Å². The van der Waals surface area contributed by atoms with Crippen LogP contribution in [0, 0.1) is 12.8 Å². The number of rotatable bonds is 2. The number of benzene rings is 1. The van der Waals surface area contributed by atoms with Crippen LogP contribution in [0.4, 0.5) is 11.4 Å². The van der Waals surface area contributed by atoms with Crippen molar-refractivity contribution in [3.05, 3.63) is 22.2 Å². The highest BCUT2D eigenvalue weighted by Crippen LogP contribution is 2.31. The molecule has 0 heterocycles. The van der Waals surface area contributed by atoms with Gasteiger partial charge in [-0.15, -0.1) is 12.4 Å². The van der Waals surface area contributed by atoms with Crippen molar-refractivity contribution in [1.82, 2.24) is 0 Å². The van der Waals surface area contributed by atoms with E-state index in [1.54, 1.807) is 0 Å². The molecule has 1 aromatic carbocycles. The minimum absolute atomic E-state index is 0. The van der Waals surface area contributed by atoms with Crippen LogP contribution in [-0.2, 0) is 4.79 Å². The fourth-order valence-corrected chi connectivity index (χ4v) is 2.34. The monoisotopic (exact) mass is 318 g/mol. The molecule has 2 rings (SSSR count). The van der Waals surface area contributed by atoms with E-state index in [-0.39, 0.29) is 24.2 Å². The number of anilines is 2. The van der Waals surface area contributed by atoms with Crippen LogP contribution >= 0.6 is 28.3 Å². The van der Waals surface area contributed by atoms with E-state index in [0.29, 0.717) is 11.4 Å². The highest BCUT2D eigenvalue weighted by Gasteiger charge is 2.25. The van der Waals surface area contributed by atoms with E-state index in [2.05, 4.69) is 21.2 Å². The average molecular weight is 320 g/mol. The number of aryl methyl sites for hydroxylation is 1. The largest absolute Gasteiger partial charge is 0.397 e. The molecule has 1 aliphatic rings. The average Bonchev–Trinajstić information content (AvgIpc) is 2.10. The first-order chi connectivity index (χ1) is 7.58. The molecule has 1 aromatic rings. The summed E-state index contributed by atoms with van der Waals surface area (Å²) in [5.74, 6) is 0.272. The Kier molecular flexibility index (Phi) is 4.83. The Morgan fingerprint density at radius 1 is 1.47 bits per heavy atom. The molecule has 1 saturated carbocycles. The molecule has 17 heavy (non-hydrogen) atoms. The molecule has 0 spiro atoms. The van der Waals surface area contributed by atoms with Crippen molar-refractivity contribution in [1.29, 1.82) is 0 Å². The lowest BCUT2D eigenvalue weighted by Gasteiger charge is -2.24. The number of nitrogens with one attached hydrogen (secondary N) is 1. The van der Waals surface area contributed by atoms with Gasteiger partial charge in [-0.25, -0.2) is 0 Å². The molecule has 0 aliphatic heterocycles. The van der Waals surface area contributed by atoms with Gasteiger partial charge >= 0.3 is 0 Å². The minimum atomic E-state index is 0. The SMILES string of the molecule is Cc1cc(Br)cc(NC(=O)C2CCC2)c1N.Cl. The van der Waals surface area contributed by atoms with Crippen molar-refractivity contribution in [3.8, 4) is 0 Å². The normalized spacial score (nSPS) is 14.7. The topological polar surface area (TPSA) is 55.1 Å². The lowest BCUT2D eigenvalue weighted by Crippen LogP contribution is -2.28. The predicted molar refractivity (Wildman–Crippen MR) is 76.5 cm³/mol. The van der Waals surface area contributed by atoms with Crippen molar-refractivity contribution in [2.75, 3.05) is 11.1 Å². The molecule has 1 fully saturated rings. The Bertz CT molecular complexity index is 433. The molecule has 94 valence electrons. The third kappa shape index (κ3) is 3.13. The van der Waals surface area contributed by atoms with Gasteiger partial charge < -0.3 is 11.1 Å². The molecule has 0 aromatic heterocycles. The Labute approximate surface area is 116 Å². The number of nitrogen functional groups attached to an aromatic ring is 1. The molecular formula is C12H16BrClN2O. The smallest absolute Gasteiger partial charge is 0.227 e. The maximum absolute atomic E-state index is 11.8. The van der Waals surface area contributed by atoms with Gasteiger partial charge in [0.05, 0.1) is 11.4 Å². The number of hydrogen-bond donors (Lipinski definition) is 2. The van der Waals surface area contributed by atoms with Gasteiger partial charge in [-0.3, -0.25) is 4.79 Å². The molecular weight excluding hydrogens is 304 g/mol. The quantitative estimate of drug-likeness (QED) is 0.820. The van der Waals surface area contributed by atoms with Gasteiger partial charge in [-0.2, -0.15) is 0 Å². The number of carbonyl (C=O) groups is 1. The minimum Gasteiger partial charge on any atom is -0.397 e. The van der Waals surface area contributed by atoms with Crippen LogP contribution in [-0.4, -0.2) is 5.91 Å². The summed E-state index contributed by atoms with van der Waals surface area (Å²) in [6.07, 6.45) is 3.16. The summed E-state index contributed by atoms with van der Waals surface area (Å²) in [6.45, 7) is 1.93. The second-order valence-corrected chi connectivity index (χ2v) is 5.22. The predicted octanol–water partition coefficient (Wildman–Crippen LogP) is 3.50. The fraction of sp³-hybridized carbons (Fsp3) is 0.417. The lowest BCUT2D eigenvalue weighted by molar-refractivity contribution is -0.122. The zero-order valence-corrected chi connectivity index (χ0v) is 12.0. The maximum atomic E-state index is 11.8. The van der Waals surface area contributed by atoms with E-state index in [0.717, 1.165) is 29.3 Å². The van der Waals surface area contributed by atoms with Crippen molar-refractivity contribution >= 4 is 45.6 Å². The third-order valence-corrected chi connectivity index (χ3v) is 3.54. The number of carbonyl (C=O) groups excluding carboxylic acids is 1. The maximum Gasteiger partial charge on any atom is 0.227 e. The standard InChI is InChI=1S/C12H15BrN2O.ClH/c1-7-5-9(13)6-10(11(7)14)15-12(16)8-3-2-4-8;/h5-6,8H,2-4,14H2,1H3,(H,15,16);1H. The fourth-order valence-electron chi connectivity index (χ4n) is 1.76. The van der Waals surface area contributed by atoms with Crippen LogP contribution in [0.1, 0.15) is 24.8 Å². The van der Waals surface area contributed by atoms with Gasteiger partial charge in [0.1, 0.15) is 0 Å². The number of halogens is 2. The molecule has 0 saturated heterocycles. The Morgan fingerprint density at radius 2 is 2.12 bits per heavy atom. The molecule has 0 radical (unpaired) electrons. The molecule has 1 aliphatic carbocycles. The second kappa shape index (κ2) is 5.74. The molecule has 3 N–H and O–H groups in total. The van der Waals surface area contributed by atoms with E-state index in [9.17, 15) is 4.79 Å². The van der Waals surface area contributed by atoms with Crippen molar-refractivity contribution < 1.29 is 4.79 Å². The summed E-state index contributed by atoms with van der Waals surface area (Å²) >= 11 is 3.40. The lowest BCUT2D eigenvalue weighted by atomic mass is 9.85. The van der Waals surface area contributed by atoms with Crippen LogP contribution in [0.3, 0.4) is 0 Å². The summed E-state index contributed by atoms with van der Waals surface area (Å²) in [7, 11) is 0. The molecule has 1 amide bonds. The van der Waals surface area contributed by atoms with Gasteiger partial charge in [0.2, 0.25) is 5.91 Å². The zero-order valence-electron chi connectivity index (χ0n) is 9.63. The molecule has 5 heteroatoms. The highest BCUT2D eigenvalue weighted by molar-refractivity contribution is 9.10. The molecule has 0 bridgehead atoms. The molecule has 3 nitrogen and oxygen atoms in total. The zero-order chi connectivity index (χ0) is 11.7. The Morgan fingerprint density at radius 3 is 2.65 bits per heavy atom. The first-order valence-electron chi connectivity index (χ1n) is 5.44. The summed E-state index contributed by atoms with van der Waals surface area (Å²) in [5, 5.41) is 2.90. The number of nitrogens with two attached hydrogens (primary N) is 1. The van der Waals surface area contributed by atoms with Crippen LogP contribution in [0.25, 0.3) is 0 Å². The number of hydrogen-bond acceptors (Lipinski definition) is 2. The van der Waals surface area contributed by atoms with Gasteiger partial charge in [0.25, 0.3) is 0 Å². The highest BCUT2D eigenvalue weighted by atomic mass is 79.9. The van der Waals surface area contributed by atoms with E-state index < -0.39 is 0 Å². The number of amides is 1. The molecule has 0 atom stereocenters. The third-order valence-electron chi connectivity index (χ3n) is 3.09.